The van der Waals surface area contributed by atoms with Gasteiger partial charge in [0.1, 0.15) is 6.29 Å². The Balaban J connectivity index is 0.000000282. The number of hydrogen-bond donors (Lipinski definition) is 0. The number of rotatable bonds is 1. The summed E-state index contributed by atoms with van der Waals surface area (Å²) in [5.74, 6) is 3.04. The van der Waals surface area contributed by atoms with Crippen LogP contribution in [0.3, 0.4) is 0 Å². The number of allylic oxidation sites excluding steroid dienone is 12. The zero-order chi connectivity index (χ0) is 46.7. The van der Waals surface area contributed by atoms with Crippen LogP contribution >= 0.6 is 11.6 Å². The van der Waals surface area contributed by atoms with Gasteiger partial charge < -0.3 is 4.79 Å². The molecule has 0 heterocycles. The molecular formula is C59H97ClO2. The molecule has 0 fully saturated rings. The standard InChI is InChI=1S/C15H24O.C14H23Cl.2C14H22.CO.CH4.H2/c1-10-14(2,3)12-8-6-7-11(9-16)13(12)15(10,4)5;1-9-13(2,3)10-7-6-8-11(15)12(10)14(9,4)5;2*1-10-13(2,3)11-8-6-7-9-12(11)14(10,4)5;1-2;;/h9-11H,6-8H2,1-5H3;9,11H,6-8H2,1-5H3;2*6,8,10H,7,9H2,1-5H3;;1H4;1H. The van der Waals surface area contributed by atoms with Gasteiger partial charge in [0, 0.05) is 7.34 Å². The van der Waals surface area contributed by atoms with Crippen molar-refractivity contribution in [3.8, 4) is 0 Å². The Morgan fingerprint density at radius 3 is 1.19 bits per heavy atom. The van der Waals surface area contributed by atoms with Crippen LogP contribution in [0.15, 0.2) is 68.9 Å². The molecule has 6 unspecified atom stereocenters. The summed E-state index contributed by atoms with van der Waals surface area (Å²) < 4.78 is 7.50. The molecule has 3 heteroatoms. The van der Waals surface area contributed by atoms with E-state index in [1.165, 1.54) is 69.6 Å². The topological polar surface area (TPSA) is 37.0 Å². The summed E-state index contributed by atoms with van der Waals surface area (Å²) in [6, 6.07) is 0. The molecule has 0 amide bonds. The van der Waals surface area contributed by atoms with Crippen molar-refractivity contribution in [2.45, 2.75) is 215 Å². The molecule has 0 aromatic heterocycles. The molecule has 6 atom stereocenters. The molecule has 0 saturated heterocycles. The van der Waals surface area contributed by atoms with Crippen molar-refractivity contribution >= 4 is 17.9 Å². The summed E-state index contributed by atoms with van der Waals surface area (Å²) in [5.41, 5.74) is 15.7. The molecule has 2 nitrogen and oxygen atoms in total. The van der Waals surface area contributed by atoms with E-state index in [9.17, 15) is 4.79 Å². The number of carbonyl (C=O) groups is 1. The maximum Gasteiger partial charge on any atom is 0 e. The van der Waals surface area contributed by atoms with Crippen molar-refractivity contribution in [3.05, 3.63) is 75.5 Å². The fourth-order valence-electron chi connectivity index (χ4n) is 14.5. The van der Waals surface area contributed by atoms with Crippen LogP contribution in [-0.4, -0.2) is 11.7 Å². The predicted molar refractivity (Wildman–Crippen MR) is 271 cm³/mol. The second-order valence-corrected chi connectivity index (χ2v) is 25.6. The van der Waals surface area contributed by atoms with Crippen LogP contribution in [0, 0.1) is 79.6 Å². The Kier molecular flexibility index (Phi) is 16.5. The van der Waals surface area contributed by atoms with E-state index in [-0.39, 0.29) is 25.6 Å². The summed E-state index contributed by atoms with van der Waals surface area (Å²) in [6.07, 6.45) is 22.9. The van der Waals surface area contributed by atoms with Crippen molar-refractivity contribution in [2.75, 3.05) is 0 Å². The first kappa shape index (κ1) is 54.5. The summed E-state index contributed by atoms with van der Waals surface area (Å²) in [7, 11) is 0. The van der Waals surface area contributed by atoms with Crippen molar-refractivity contribution in [2.24, 2.45) is 72.9 Å². The Bertz CT molecular complexity index is 1810. The quantitative estimate of drug-likeness (QED) is 0.0850. The van der Waals surface area contributed by atoms with Gasteiger partial charge in [-0.15, -0.1) is 11.6 Å². The van der Waals surface area contributed by atoms with Crippen molar-refractivity contribution in [1.29, 1.82) is 0 Å². The number of halogens is 1. The smallest absolute Gasteiger partial charge is 0 e. The molecule has 0 aromatic carbocycles. The molecule has 62 heavy (non-hydrogen) atoms. The van der Waals surface area contributed by atoms with Crippen LogP contribution < -0.4 is 0 Å². The fraction of sp³-hybridized carbons (Fsp3) is 0.763. The third kappa shape index (κ3) is 8.89. The number of alkyl halides is 1. The SMILES string of the molecule is C.CC1C(C)(C)C2=C(C(C=O)CCC2)C1(C)C.CC1C(C)(C)C2=C(C(Cl)CCC2)C1(C)C.CC1C(C)(C)C2=C(CCC=C2)C1(C)C.CC1C(C)(C)C2=C(CCC=C2)C1(C)C.[C-]#[O+].[HH]. The first-order chi connectivity index (χ1) is 27.9. The first-order valence-corrected chi connectivity index (χ1v) is 24.9. The first-order valence-electron chi connectivity index (χ1n) is 24.5. The van der Waals surface area contributed by atoms with E-state index < -0.39 is 0 Å². The van der Waals surface area contributed by atoms with Gasteiger partial charge in [0.2, 0.25) is 0 Å². The molecule has 0 spiro atoms. The van der Waals surface area contributed by atoms with E-state index in [1.54, 1.807) is 39.0 Å². The summed E-state index contributed by atoms with van der Waals surface area (Å²) in [4.78, 5) is 11.3. The van der Waals surface area contributed by atoms with E-state index in [1.807, 2.05) is 0 Å². The molecule has 8 rings (SSSR count). The Morgan fingerprint density at radius 2 is 0.839 bits per heavy atom. The van der Waals surface area contributed by atoms with Crippen molar-refractivity contribution < 1.29 is 10.9 Å². The van der Waals surface area contributed by atoms with Gasteiger partial charge >= 0.3 is 11.3 Å². The number of aldehydes is 1. The molecule has 0 radical (unpaired) electrons. The third-order valence-electron chi connectivity index (χ3n) is 20.2. The summed E-state index contributed by atoms with van der Waals surface area (Å²) in [6.45, 7) is 52.2. The van der Waals surface area contributed by atoms with Crippen molar-refractivity contribution in [1.82, 2.24) is 0 Å². The zero-order valence-corrected chi connectivity index (χ0v) is 43.9. The summed E-state index contributed by atoms with van der Waals surface area (Å²) in [5, 5.41) is 0.299. The van der Waals surface area contributed by atoms with Gasteiger partial charge in [0.15, 0.2) is 0 Å². The largest absolute Gasteiger partial charge is 0 e. The molecule has 0 aliphatic heterocycles. The van der Waals surface area contributed by atoms with E-state index in [2.05, 4.69) is 169 Å². The Morgan fingerprint density at radius 1 is 0.516 bits per heavy atom. The Hall–Kier alpha value is -1.86. The average molecular weight is 874 g/mol. The third-order valence-corrected chi connectivity index (χ3v) is 20.7. The monoisotopic (exact) mass is 873 g/mol. The predicted octanol–water partition coefficient (Wildman–Crippen LogP) is 18.3. The minimum atomic E-state index is 0. The van der Waals surface area contributed by atoms with E-state index in [4.69, 9.17) is 16.3 Å². The average Bonchev–Trinajstić information content (AvgIpc) is 3.59. The molecule has 0 saturated carbocycles. The Labute approximate surface area is 391 Å². The van der Waals surface area contributed by atoms with Crippen LogP contribution in [0.25, 0.3) is 0 Å². The van der Waals surface area contributed by atoms with Crippen LogP contribution in [0.2, 0.25) is 0 Å². The van der Waals surface area contributed by atoms with Gasteiger partial charge in [-0.1, -0.05) is 198 Å². The van der Waals surface area contributed by atoms with E-state index >= 15 is 0 Å². The molecule has 0 aromatic rings. The molecule has 8 aliphatic carbocycles. The van der Waals surface area contributed by atoms with Crippen LogP contribution in [0.4, 0.5) is 0 Å². The van der Waals surface area contributed by atoms with E-state index in [0.717, 1.165) is 18.3 Å². The van der Waals surface area contributed by atoms with Gasteiger partial charge in [-0.05, 0) is 148 Å². The van der Waals surface area contributed by atoms with E-state index in [0.29, 0.717) is 49.7 Å². The molecule has 0 bridgehead atoms. The molecular weight excluding hydrogens is 776 g/mol. The van der Waals surface area contributed by atoms with Crippen LogP contribution in [-0.2, 0) is 9.45 Å². The van der Waals surface area contributed by atoms with Gasteiger partial charge in [-0.25, -0.2) is 0 Å². The molecule has 352 valence electrons. The van der Waals surface area contributed by atoms with Gasteiger partial charge in [0.05, 0.1) is 5.38 Å². The number of carbonyl (C=O) groups excluding carboxylic acids is 1. The van der Waals surface area contributed by atoms with Gasteiger partial charge in [-0.2, -0.15) is 0 Å². The number of hydrogen-bond acceptors (Lipinski definition) is 1. The fourth-order valence-corrected chi connectivity index (χ4v) is 15.1. The molecule has 8 aliphatic rings. The van der Waals surface area contributed by atoms with Gasteiger partial charge in [0.25, 0.3) is 0 Å². The molecule has 0 N–H and O–H groups in total. The normalized spacial score (nSPS) is 33.6. The summed E-state index contributed by atoms with van der Waals surface area (Å²) >= 11 is 6.54. The minimum absolute atomic E-state index is 0. The minimum Gasteiger partial charge on any atom is 0 e. The second-order valence-electron chi connectivity index (χ2n) is 25.1. The maximum absolute atomic E-state index is 11.3. The van der Waals surface area contributed by atoms with Gasteiger partial charge in [-0.3, -0.25) is 0 Å². The maximum atomic E-state index is 11.3. The van der Waals surface area contributed by atoms with Crippen molar-refractivity contribution in [3.63, 3.8) is 0 Å². The van der Waals surface area contributed by atoms with Crippen LogP contribution in [0.1, 0.15) is 212 Å². The zero-order valence-electron chi connectivity index (χ0n) is 43.1. The van der Waals surface area contributed by atoms with Crippen LogP contribution in [0.5, 0.6) is 0 Å². The second kappa shape index (κ2) is 18.8.